The minimum atomic E-state index is -1.24. The van der Waals surface area contributed by atoms with Crippen LogP contribution in [-0.4, -0.2) is 76.1 Å². The maximum Gasteiger partial charge on any atom is 0.423 e. The molecule has 8 nitrogen and oxygen atoms in total. The molecule has 4 aromatic carbocycles. The highest BCUT2D eigenvalue weighted by Gasteiger charge is 2.26. The molecule has 0 N–H and O–H groups in total. The fraction of sp³-hybridized carbons (Fsp3) is 0.222. The van der Waals surface area contributed by atoms with Crippen molar-refractivity contribution < 1.29 is 19.1 Å². The Labute approximate surface area is 295 Å². The van der Waals surface area contributed by atoms with E-state index in [4.69, 9.17) is 42.7 Å². The molecule has 6 rings (SSSR count). The predicted octanol–water partition coefficient (Wildman–Crippen LogP) is 7.16. The maximum atomic E-state index is 13.5. The Bertz CT molecular complexity index is 2190. The highest BCUT2D eigenvalue weighted by Crippen LogP contribution is 2.38. The average molecular weight is 720 g/mol. The van der Waals surface area contributed by atoms with Crippen molar-refractivity contribution >= 4 is 98.2 Å². The van der Waals surface area contributed by atoms with E-state index in [1.54, 1.807) is 12.1 Å². The molecule has 0 amide bonds. The van der Waals surface area contributed by atoms with Gasteiger partial charge in [0.2, 0.25) is 0 Å². The van der Waals surface area contributed by atoms with E-state index in [0.29, 0.717) is 47.7 Å². The molecule has 0 fully saturated rings. The molecule has 0 spiro atoms. The van der Waals surface area contributed by atoms with Gasteiger partial charge in [-0.25, -0.2) is 9.59 Å². The molecule has 0 aliphatic carbocycles. The molecule has 0 saturated heterocycles. The van der Waals surface area contributed by atoms with Gasteiger partial charge in [0.1, 0.15) is 0 Å². The van der Waals surface area contributed by atoms with Gasteiger partial charge in [-0.15, -0.1) is 22.7 Å². The Morgan fingerprint density at radius 2 is 1.00 bits per heavy atom. The smallest absolute Gasteiger partial charge is 0.416 e. The van der Waals surface area contributed by atoms with Crippen LogP contribution in [-0.2, 0) is 9.59 Å². The second kappa shape index (κ2) is 14.7. The number of likely N-dealkylation sites (N-methyl/N-ethyl adjacent to an activating group) is 2. The summed E-state index contributed by atoms with van der Waals surface area (Å²) >= 11 is 16.3. The number of rotatable bonds is 8. The van der Waals surface area contributed by atoms with Crippen LogP contribution in [0.5, 0.6) is 11.5 Å². The summed E-state index contributed by atoms with van der Waals surface area (Å²) in [5.41, 5.74) is 0. The Balaban J connectivity index is 1.43. The monoisotopic (exact) mass is 718 g/mol. The van der Waals surface area contributed by atoms with Crippen LogP contribution in [0.15, 0.2) is 82.8 Å². The summed E-state index contributed by atoms with van der Waals surface area (Å²) in [7, 11) is 7.89. The number of esters is 2. The van der Waals surface area contributed by atoms with Crippen molar-refractivity contribution in [3.05, 3.63) is 93.6 Å². The largest absolute Gasteiger partial charge is 0.423 e. The zero-order valence-corrected chi connectivity index (χ0v) is 29.9. The first-order valence-electron chi connectivity index (χ1n) is 15.1. The van der Waals surface area contributed by atoms with E-state index in [1.165, 1.54) is 22.7 Å². The van der Waals surface area contributed by atoms with Crippen molar-refractivity contribution in [2.75, 3.05) is 54.4 Å². The summed E-state index contributed by atoms with van der Waals surface area (Å²) in [4.78, 5) is 40.9. The van der Waals surface area contributed by atoms with Crippen molar-refractivity contribution in [2.45, 2.75) is 0 Å². The Hall–Kier alpha value is -3.90. The van der Waals surface area contributed by atoms with E-state index < -0.39 is 11.9 Å². The molecule has 6 aromatic rings. The van der Waals surface area contributed by atoms with Crippen LogP contribution in [0.1, 0.15) is 0 Å². The van der Waals surface area contributed by atoms with Crippen LogP contribution >= 0.6 is 45.9 Å². The first-order chi connectivity index (χ1) is 23.1. The molecular formula is C36H32Cl2N4O4S2. The minimum absolute atomic E-state index is 0.0401. The van der Waals surface area contributed by atoms with Crippen molar-refractivity contribution in [3.8, 4) is 11.5 Å². The number of nitrogens with zero attached hydrogens (tertiary/aromatic N) is 4. The van der Waals surface area contributed by atoms with E-state index in [-0.39, 0.29) is 21.5 Å². The summed E-state index contributed by atoms with van der Waals surface area (Å²) in [5, 5.41) is 4.45. The molecule has 2 heterocycles. The fourth-order valence-corrected chi connectivity index (χ4v) is 7.79. The second-order valence-electron chi connectivity index (χ2n) is 11.5. The SMILES string of the molecule is CN(C)CCN=c1c2ccccc2sc2ccc(Cl)c(OC(=O)C(=O)Oc3c(Cl)ccc4sc5ccccc5c(=NCCN(C)C)c34)c12. The van der Waals surface area contributed by atoms with Crippen molar-refractivity contribution in [1.82, 2.24) is 9.80 Å². The van der Waals surface area contributed by atoms with Crippen LogP contribution < -0.4 is 20.2 Å². The minimum Gasteiger partial charge on any atom is -0.416 e. The van der Waals surface area contributed by atoms with Crippen LogP contribution in [0.4, 0.5) is 0 Å². The molecule has 0 bridgehead atoms. The third-order valence-electron chi connectivity index (χ3n) is 7.53. The van der Waals surface area contributed by atoms with Gasteiger partial charge in [-0.2, -0.15) is 0 Å². The predicted molar refractivity (Wildman–Crippen MR) is 198 cm³/mol. The number of carbonyl (C=O) groups is 2. The normalized spacial score (nSPS) is 12.7. The van der Waals surface area contributed by atoms with Crippen LogP contribution in [0.3, 0.4) is 0 Å². The van der Waals surface area contributed by atoms with Gasteiger partial charge in [-0.05, 0) is 64.6 Å². The lowest BCUT2D eigenvalue weighted by Crippen LogP contribution is -2.27. The molecule has 0 unspecified atom stereocenters. The second-order valence-corrected chi connectivity index (χ2v) is 14.5. The fourth-order valence-electron chi connectivity index (χ4n) is 5.23. The third-order valence-corrected chi connectivity index (χ3v) is 10.4. The zero-order valence-electron chi connectivity index (χ0n) is 26.8. The molecule has 246 valence electrons. The number of benzene rings is 4. The topological polar surface area (TPSA) is 83.8 Å². The molecule has 0 atom stereocenters. The Morgan fingerprint density at radius 1 is 0.604 bits per heavy atom. The summed E-state index contributed by atoms with van der Waals surface area (Å²) in [6.07, 6.45) is 0. The van der Waals surface area contributed by atoms with E-state index in [9.17, 15) is 9.59 Å². The molecule has 0 radical (unpaired) electrons. The maximum absolute atomic E-state index is 13.5. The average Bonchev–Trinajstić information content (AvgIpc) is 3.06. The van der Waals surface area contributed by atoms with Gasteiger partial charge in [0.15, 0.2) is 11.5 Å². The number of halogens is 2. The molecule has 48 heavy (non-hydrogen) atoms. The summed E-state index contributed by atoms with van der Waals surface area (Å²) in [6, 6.07) is 22.7. The lowest BCUT2D eigenvalue weighted by molar-refractivity contribution is -0.156. The van der Waals surface area contributed by atoms with E-state index in [2.05, 4.69) is 0 Å². The Kier molecular flexibility index (Phi) is 10.4. The number of hydrogen-bond donors (Lipinski definition) is 0. The first-order valence-corrected chi connectivity index (χ1v) is 17.5. The molecule has 0 saturated carbocycles. The number of carbonyl (C=O) groups excluding carboxylic acids is 2. The molecule has 2 aromatic heterocycles. The van der Waals surface area contributed by atoms with Gasteiger partial charge in [0.05, 0.1) is 44.6 Å². The standard InChI is InChI=1S/C36H32Cl2N4O4S2/c1-41(2)19-17-39-31-21-9-5-7-11-25(21)47-27-15-13-23(37)33(29(27)31)45-35(43)36(44)46-34-24(38)14-16-28-30(34)32(40-18-20-42(3)4)22-10-6-8-12-26(22)48-28/h5-16H,17-20H2,1-4H3. The van der Waals surface area contributed by atoms with Gasteiger partial charge >= 0.3 is 11.9 Å². The highest BCUT2D eigenvalue weighted by atomic mass is 35.5. The van der Waals surface area contributed by atoms with Crippen molar-refractivity contribution in [2.24, 2.45) is 9.98 Å². The molecule has 0 aliphatic heterocycles. The third kappa shape index (κ3) is 7.10. The summed E-state index contributed by atoms with van der Waals surface area (Å²) < 4.78 is 15.2. The van der Waals surface area contributed by atoms with Crippen LogP contribution in [0.2, 0.25) is 10.0 Å². The lowest BCUT2D eigenvalue weighted by atomic mass is 10.1. The van der Waals surface area contributed by atoms with E-state index >= 15 is 0 Å². The van der Waals surface area contributed by atoms with E-state index in [1.807, 2.05) is 98.7 Å². The van der Waals surface area contributed by atoms with Crippen LogP contribution in [0, 0.1) is 0 Å². The zero-order chi connectivity index (χ0) is 33.9. The molecule has 0 aliphatic rings. The van der Waals surface area contributed by atoms with Gasteiger partial charge < -0.3 is 19.3 Å². The molecular weight excluding hydrogens is 687 g/mol. The van der Waals surface area contributed by atoms with Crippen LogP contribution in [0.25, 0.3) is 40.3 Å². The molecule has 12 heteroatoms. The number of ether oxygens (including phenoxy) is 2. The van der Waals surface area contributed by atoms with Gasteiger partial charge in [0.25, 0.3) is 0 Å². The summed E-state index contributed by atoms with van der Waals surface area (Å²) in [5.74, 6) is -2.41. The first kappa shape index (κ1) is 34.0. The lowest BCUT2D eigenvalue weighted by Gasteiger charge is -2.13. The Morgan fingerprint density at radius 3 is 1.40 bits per heavy atom. The van der Waals surface area contributed by atoms with Gasteiger partial charge in [-0.1, -0.05) is 59.6 Å². The van der Waals surface area contributed by atoms with Gasteiger partial charge in [-0.3, -0.25) is 9.98 Å². The van der Waals surface area contributed by atoms with Crippen molar-refractivity contribution in [1.29, 1.82) is 0 Å². The van der Waals surface area contributed by atoms with Crippen molar-refractivity contribution in [3.63, 3.8) is 0 Å². The quantitative estimate of drug-likeness (QED) is 0.0719. The number of fused-ring (bicyclic) bond motifs is 4. The van der Waals surface area contributed by atoms with Gasteiger partial charge in [0, 0.05) is 42.7 Å². The highest BCUT2D eigenvalue weighted by molar-refractivity contribution is 7.25. The van der Waals surface area contributed by atoms with E-state index in [0.717, 1.165) is 29.6 Å². The number of hydrogen-bond acceptors (Lipinski definition) is 10. The summed E-state index contributed by atoms with van der Waals surface area (Å²) in [6.45, 7) is 2.42.